The van der Waals surface area contributed by atoms with E-state index in [2.05, 4.69) is 9.88 Å². The summed E-state index contributed by atoms with van der Waals surface area (Å²) in [6.07, 6.45) is 2.64. The van der Waals surface area contributed by atoms with E-state index in [0.29, 0.717) is 13.2 Å². The Morgan fingerprint density at radius 3 is 2.82 bits per heavy atom. The maximum atomic E-state index is 5.68. The van der Waals surface area contributed by atoms with E-state index in [-0.39, 0.29) is 5.79 Å². The molecule has 17 heavy (non-hydrogen) atoms. The molecule has 1 aromatic heterocycles. The lowest BCUT2D eigenvalue weighted by Gasteiger charge is -2.22. The minimum atomic E-state index is -0.387. The van der Waals surface area contributed by atoms with E-state index in [9.17, 15) is 0 Å². The molecule has 0 N–H and O–H groups in total. The molecule has 0 radical (unpaired) electrons. The fraction of sp³-hybridized carbons (Fsp3) is 0.583. The molecule has 3 heterocycles. The largest absolute Gasteiger partial charge is 0.495 e. The van der Waals surface area contributed by atoms with Crippen molar-refractivity contribution in [2.24, 2.45) is 0 Å². The van der Waals surface area contributed by atoms with Crippen LogP contribution in [0.2, 0.25) is 0 Å². The summed E-state index contributed by atoms with van der Waals surface area (Å²) in [5, 5.41) is 0. The lowest BCUT2D eigenvalue weighted by atomic mass is 10.2. The Bertz CT molecular complexity index is 387. The molecule has 0 saturated carbocycles. The Kier molecular flexibility index (Phi) is 2.64. The highest BCUT2D eigenvalue weighted by Gasteiger charge is 2.43. The van der Waals surface area contributed by atoms with Crippen LogP contribution in [-0.2, 0) is 9.47 Å². The standard InChI is InChI=1S/C12H16N2O3/c1-15-10-2-3-11(13-8-10)14-5-4-12(9-14)16-6-7-17-12/h2-3,8H,4-7,9H2,1H3. The predicted molar refractivity (Wildman–Crippen MR) is 62.3 cm³/mol. The summed E-state index contributed by atoms with van der Waals surface area (Å²) in [7, 11) is 1.64. The van der Waals surface area contributed by atoms with Gasteiger partial charge >= 0.3 is 0 Å². The normalized spacial score (nSPS) is 22.3. The van der Waals surface area contributed by atoms with Gasteiger partial charge in [-0.25, -0.2) is 4.98 Å². The summed E-state index contributed by atoms with van der Waals surface area (Å²) in [6, 6.07) is 3.89. The molecule has 5 heteroatoms. The van der Waals surface area contributed by atoms with E-state index in [1.54, 1.807) is 13.3 Å². The molecule has 92 valence electrons. The molecule has 0 bridgehead atoms. The van der Waals surface area contributed by atoms with Crippen molar-refractivity contribution in [1.82, 2.24) is 4.98 Å². The van der Waals surface area contributed by atoms with Crippen molar-refractivity contribution in [1.29, 1.82) is 0 Å². The SMILES string of the molecule is COc1ccc(N2CCC3(C2)OCCO3)nc1. The molecular weight excluding hydrogens is 220 g/mol. The van der Waals surface area contributed by atoms with Gasteiger partial charge in [-0.15, -0.1) is 0 Å². The fourth-order valence-corrected chi connectivity index (χ4v) is 2.36. The highest BCUT2D eigenvalue weighted by atomic mass is 16.7. The molecule has 0 aromatic carbocycles. The van der Waals surface area contributed by atoms with Gasteiger partial charge in [-0.1, -0.05) is 0 Å². The van der Waals surface area contributed by atoms with E-state index in [1.807, 2.05) is 12.1 Å². The van der Waals surface area contributed by atoms with Crippen LogP contribution in [0.5, 0.6) is 5.75 Å². The minimum Gasteiger partial charge on any atom is -0.495 e. The molecule has 0 amide bonds. The molecule has 0 aliphatic carbocycles. The number of pyridine rings is 1. The van der Waals surface area contributed by atoms with Gasteiger partial charge in [0, 0.05) is 13.0 Å². The highest BCUT2D eigenvalue weighted by molar-refractivity contribution is 5.42. The molecular formula is C12H16N2O3. The van der Waals surface area contributed by atoms with Crippen LogP contribution in [0.4, 0.5) is 5.82 Å². The molecule has 3 rings (SSSR count). The third-order valence-corrected chi connectivity index (χ3v) is 3.29. The van der Waals surface area contributed by atoms with Gasteiger partial charge < -0.3 is 19.1 Å². The van der Waals surface area contributed by atoms with Crippen LogP contribution >= 0.6 is 0 Å². The quantitative estimate of drug-likeness (QED) is 0.767. The van der Waals surface area contributed by atoms with Gasteiger partial charge in [-0.2, -0.15) is 0 Å². The summed E-state index contributed by atoms with van der Waals surface area (Å²) in [5.74, 6) is 1.33. The lowest BCUT2D eigenvalue weighted by Crippen LogP contribution is -2.34. The zero-order chi connectivity index (χ0) is 11.7. The number of hydrogen-bond donors (Lipinski definition) is 0. The van der Waals surface area contributed by atoms with Gasteiger partial charge in [-0.05, 0) is 12.1 Å². The Morgan fingerprint density at radius 2 is 2.18 bits per heavy atom. The maximum Gasteiger partial charge on any atom is 0.187 e. The Hall–Kier alpha value is -1.33. The van der Waals surface area contributed by atoms with Crippen LogP contribution in [0, 0.1) is 0 Å². The fourth-order valence-electron chi connectivity index (χ4n) is 2.36. The first-order valence-corrected chi connectivity index (χ1v) is 5.84. The van der Waals surface area contributed by atoms with E-state index in [0.717, 1.165) is 31.1 Å². The Balaban J connectivity index is 1.72. The van der Waals surface area contributed by atoms with Crippen LogP contribution in [0.25, 0.3) is 0 Å². The molecule has 2 fully saturated rings. The van der Waals surface area contributed by atoms with E-state index in [1.165, 1.54) is 0 Å². The number of ether oxygens (including phenoxy) is 3. The first-order valence-electron chi connectivity index (χ1n) is 5.84. The van der Waals surface area contributed by atoms with Crippen LogP contribution in [0.1, 0.15) is 6.42 Å². The molecule has 2 aliphatic heterocycles. The third-order valence-electron chi connectivity index (χ3n) is 3.29. The third kappa shape index (κ3) is 1.96. The molecule has 2 saturated heterocycles. The van der Waals surface area contributed by atoms with Crippen molar-refractivity contribution < 1.29 is 14.2 Å². The minimum absolute atomic E-state index is 0.387. The zero-order valence-corrected chi connectivity index (χ0v) is 9.89. The second kappa shape index (κ2) is 4.16. The van der Waals surface area contributed by atoms with Crippen molar-refractivity contribution >= 4 is 5.82 Å². The zero-order valence-electron chi connectivity index (χ0n) is 9.89. The number of anilines is 1. The average molecular weight is 236 g/mol. The summed E-state index contributed by atoms with van der Waals surface area (Å²) in [4.78, 5) is 6.56. The van der Waals surface area contributed by atoms with Crippen LogP contribution < -0.4 is 9.64 Å². The van der Waals surface area contributed by atoms with Gasteiger partial charge in [0.15, 0.2) is 5.79 Å². The molecule has 5 nitrogen and oxygen atoms in total. The second-order valence-corrected chi connectivity index (χ2v) is 4.34. The van der Waals surface area contributed by atoms with E-state index >= 15 is 0 Å². The smallest absolute Gasteiger partial charge is 0.187 e. The van der Waals surface area contributed by atoms with Gasteiger partial charge in [0.05, 0.1) is 33.1 Å². The second-order valence-electron chi connectivity index (χ2n) is 4.34. The first-order chi connectivity index (χ1) is 8.31. The molecule has 1 aromatic rings. The van der Waals surface area contributed by atoms with Gasteiger partial charge in [0.2, 0.25) is 0 Å². The topological polar surface area (TPSA) is 43.8 Å². The molecule has 1 spiro atoms. The van der Waals surface area contributed by atoms with Crippen molar-refractivity contribution in [2.45, 2.75) is 12.2 Å². The maximum absolute atomic E-state index is 5.68. The van der Waals surface area contributed by atoms with Crippen LogP contribution in [0.15, 0.2) is 18.3 Å². The van der Waals surface area contributed by atoms with Crippen LogP contribution in [0.3, 0.4) is 0 Å². The summed E-state index contributed by atoms with van der Waals surface area (Å²) in [5.41, 5.74) is 0. The monoisotopic (exact) mass is 236 g/mol. The van der Waals surface area contributed by atoms with Gasteiger partial charge in [0.1, 0.15) is 11.6 Å². The summed E-state index contributed by atoms with van der Waals surface area (Å²) >= 11 is 0. The van der Waals surface area contributed by atoms with Crippen LogP contribution in [-0.4, -0.2) is 44.2 Å². The number of hydrogen-bond acceptors (Lipinski definition) is 5. The van der Waals surface area contributed by atoms with Gasteiger partial charge in [-0.3, -0.25) is 0 Å². The van der Waals surface area contributed by atoms with Crippen molar-refractivity contribution in [3.05, 3.63) is 18.3 Å². The number of rotatable bonds is 2. The predicted octanol–water partition coefficient (Wildman–Crippen LogP) is 1.04. The van der Waals surface area contributed by atoms with Gasteiger partial charge in [0.25, 0.3) is 0 Å². The summed E-state index contributed by atoms with van der Waals surface area (Å²) in [6.45, 7) is 3.07. The number of aromatic nitrogens is 1. The molecule has 0 unspecified atom stereocenters. The van der Waals surface area contributed by atoms with Crippen molar-refractivity contribution in [2.75, 3.05) is 38.3 Å². The number of nitrogens with zero attached hydrogens (tertiary/aromatic N) is 2. The Labute approximate surface area is 100 Å². The Morgan fingerprint density at radius 1 is 1.35 bits per heavy atom. The van der Waals surface area contributed by atoms with Crippen molar-refractivity contribution in [3.8, 4) is 5.75 Å². The molecule has 2 aliphatic rings. The average Bonchev–Trinajstić information content (AvgIpc) is 3.01. The highest BCUT2D eigenvalue weighted by Crippen LogP contribution is 2.32. The lowest BCUT2D eigenvalue weighted by molar-refractivity contribution is -0.137. The number of methoxy groups -OCH3 is 1. The first kappa shape index (κ1) is 10.8. The molecule has 0 atom stereocenters. The van der Waals surface area contributed by atoms with E-state index in [4.69, 9.17) is 14.2 Å². The van der Waals surface area contributed by atoms with E-state index < -0.39 is 0 Å². The van der Waals surface area contributed by atoms with Crippen molar-refractivity contribution in [3.63, 3.8) is 0 Å². The summed E-state index contributed by atoms with van der Waals surface area (Å²) < 4.78 is 16.5.